The second-order valence-electron chi connectivity index (χ2n) is 7.91. The van der Waals surface area contributed by atoms with Crippen LogP contribution in [0.25, 0.3) is 0 Å². The summed E-state index contributed by atoms with van der Waals surface area (Å²) in [6, 6.07) is 14.5. The first kappa shape index (κ1) is 22.9. The maximum Gasteiger partial charge on any atom is 0.414 e. The maximum atomic E-state index is 15.1. The average Bonchev–Trinajstić information content (AvgIpc) is 3.02. The van der Waals surface area contributed by atoms with E-state index in [1.54, 1.807) is 12.1 Å². The van der Waals surface area contributed by atoms with Crippen LogP contribution in [0.4, 0.5) is 20.6 Å². The van der Waals surface area contributed by atoms with Crippen molar-refractivity contribution in [2.75, 3.05) is 49.1 Å². The summed E-state index contributed by atoms with van der Waals surface area (Å²) >= 11 is 5.61. The van der Waals surface area contributed by atoms with Crippen LogP contribution in [0.3, 0.4) is 0 Å². The first-order valence-electron chi connectivity index (χ1n) is 10.8. The van der Waals surface area contributed by atoms with E-state index in [4.69, 9.17) is 17.0 Å². The lowest BCUT2D eigenvalue weighted by Crippen LogP contribution is -2.43. The largest absolute Gasteiger partial charge is 0.442 e. The third-order valence-electron chi connectivity index (χ3n) is 5.58. The summed E-state index contributed by atoms with van der Waals surface area (Å²) in [7, 11) is 0. The third kappa shape index (κ3) is 5.40. The van der Waals surface area contributed by atoms with E-state index < -0.39 is 18.0 Å². The SMILES string of the molecule is CC(=O)NC[C@H]1CN(c2ccc(N3CCNN(C(=S)c4ccccc4)CC3)c(F)c2)C(=O)O1. The number of carbonyl (C=O) groups excluding carboxylic acids is 2. The number of ether oxygens (including phenoxy) is 1. The zero-order valence-corrected chi connectivity index (χ0v) is 19.1. The van der Waals surface area contributed by atoms with Gasteiger partial charge in [-0.05, 0) is 18.2 Å². The smallest absolute Gasteiger partial charge is 0.414 e. The summed E-state index contributed by atoms with van der Waals surface area (Å²) in [5.74, 6) is -0.611. The monoisotopic (exact) mass is 471 g/mol. The van der Waals surface area contributed by atoms with Gasteiger partial charge >= 0.3 is 6.09 Å². The Bertz CT molecular complexity index is 1040. The normalized spacial score (nSPS) is 18.7. The van der Waals surface area contributed by atoms with Gasteiger partial charge in [-0.15, -0.1) is 0 Å². The predicted molar refractivity (Wildman–Crippen MR) is 128 cm³/mol. The molecule has 0 radical (unpaired) electrons. The van der Waals surface area contributed by atoms with E-state index in [0.29, 0.717) is 42.5 Å². The number of hydrogen-bond donors (Lipinski definition) is 2. The molecule has 2 amide bonds. The fourth-order valence-corrected chi connectivity index (χ4v) is 4.19. The molecule has 2 aliphatic heterocycles. The molecule has 0 unspecified atom stereocenters. The molecule has 174 valence electrons. The van der Waals surface area contributed by atoms with Gasteiger partial charge in [0.15, 0.2) is 0 Å². The lowest BCUT2D eigenvalue weighted by Gasteiger charge is -2.25. The van der Waals surface area contributed by atoms with E-state index in [-0.39, 0.29) is 19.0 Å². The topological polar surface area (TPSA) is 77.2 Å². The molecule has 0 aliphatic carbocycles. The zero-order chi connectivity index (χ0) is 23.4. The minimum absolute atomic E-state index is 0.199. The van der Waals surface area contributed by atoms with Crippen LogP contribution in [0, 0.1) is 5.82 Å². The van der Waals surface area contributed by atoms with E-state index >= 15 is 4.39 Å². The molecule has 2 fully saturated rings. The third-order valence-corrected chi connectivity index (χ3v) is 6.04. The summed E-state index contributed by atoms with van der Waals surface area (Å²) in [6.07, 6.45) is -1.03. The number of cyclic esters (lactones) is 1. The van der Waals surface area contributed by atoms with Crippen molar-refractivity contribution in [3.05, 3.63) is 59.9 Å². The summed E-state index contributed by atoms with van der Waals surface area (Å²) in [5.41, 5.74) is 5.16. The van der Waals surface area contributed by atoms with E-state index in [0.717, 1.165) is 5.56 Å². The number of rotatable bonds is 5. The lowest BCUT2D eigenvalue weighted by molar-refractivity contribution is -0.119. The molecular formula is C23H26FN5O3S. The molecule has 0 bridgehead atoms. The number of benzene rings is 2. The Labute approximate surface area is 197 Å². The van der Waals surface area contributed by atoms with Crippen molar-refractivity contribution in [1.82, 2.24) is 15.8 Å². The minimum Gasteiger partial charge on any atom is -0.442 e. The number of nitrogens with one attached hydrogen (secondary N) is 2. The second kappa shape index (κ2) is 10.1. The molecule has 0 spiro atoms. The van der Waals surface area contributed by atoms with Crippen molar-refractivity contribution in [3.8, 4) is 0 Å². The first-order valence-corrected chi connectivity index (χ1v) is 11.2. The van der Waals surface area contributed by atoms with Gasteiger partial charge in [-0.2, -0.15) is 0 Å². The molecule has 33 heavy (non-hydrogen) atoms. The predicted octanol–water partition coefficient (Wildman–Crippen LogP) is 2.29. The van der Waals surface area contributed by atoms with Crippen LogP contribution >= 0.6 is 12.2 Å². The molecule has 2 aliphatic rings. The molecule has 2 aromatic rings. The minimum atomic E-state index is -0.554. The van der Waals surface area contributed by atoms with Crippen LogP contribution < -0.4 is 20.5 Å². The Kier molecular flexibility index (Phi) is 7.05. The highest BCUT2D eigenvalue weighted by atomic mass is 32.1. The second-order valence-corrected chi connectivity index (χ2v) is 8.29. The van der Waals surface area contributed by atoms with Crippen molar-refractivity contribution in [3.63, 3.8) is 0 Å². The summed E-state index contributed by atoms with van der Waals surface area (Å²) in [5, 5.41) is 4.55. The highest BCUT2D eigenvalue weighted by molar-refractivity contribution is 7.80. The van der Waals surface area contributed by atoms with Gasteiger partial charge in [-0.3, -0.25) is 14.7 Å². The number of anilines is 2. The van der Waals surface area contributed by atoms with Crippen LogP contribution in [0.1, 0.15) is 12.5 Å². The Balaban J connectivity index is 1.40. The maximum absolute atomic E-state index is 15.1. The summed E-state index contributed by atoms with van der Waals surface area (Å²) in [6.45, 7) is 4.26. The quantitative estimate of drug-likeness (QED) is 0.648. The van der Waals surface area contributed by atoms with Gasteiger partial charge in [0.05, 0.1) is 31.0 Å². The van der Waals surface area contributed by atoms with Gasteiger partial charge in [0.1, 0.15) is 16.9 Å². The van der Waals surface area contributed by atoms with Crippen LogP contribution in [0.2, 0.25) is 0 Å². The van der Waals surface area contributed by atoms with E-state index in [9.17, 15) is 9.59 Å². The van der Waals surface area contributed by atoms with Gasteiger partial charge in [-0.25, -0.2) is 14.6 Å². The van der Waals surface area contributed by atoms with Crippen molar-refractivity contribution in [1.29, 1.82) is 0 Å². The number of hydrogen-bond acceptors (Lipinski definition) is 6. The number of hydrazine groups is 1. The Morgan fingerprint density at radius 3 is 2.73 bits per heavy atom. The van der Waals surface area contributed by atoms with E-state index in [1.165, 1.54) is 17.9 Å². The molecule has 10 heteroatoms. The van der Waals surface area contributed by atoms with Crippen molar-refractivity contribution in [2.24, 2.45) is 0 Å². The van der Waals surface area contributed by atoms with Crippen molar-refractivity contribution < 1.29 is 18.7 Å². The molecule has 8 nitrogen and oxygen atoms in total. The van der Waals surface area contributed by atoms with Crippen LogP contribution in [0.15, 0.2) is 48.5 Å². The average molecular weight is 472 g/mol. The highest BCUT2D eigenvalue weighted by Gasteiger charge is 2.33. The summed E-state index contributed by atoms with van der Waals surface area (Å²) in [4.78, 5) is 27.4. The highest BCUT2D eigenvalue weighted by Crippen LogP contribution is 2.28. The Morgan fingerprint density at radius 1 is 1.21 bits per heavy atom. The molecule has 4 rings (SSSR count). The summed E-state index contributed by atoms with van der Waals surface area (Å²) < 4.78 is 20.3. The fraction of sp³-hybridized carbons (Fsp3) is 0.348. The molecule has 2 heterocycles. The molecule has 2 aromatic carbocycles. The number of nitrogens with zero attached hydrogens (tertiary/aromatic N) is 3. The van der Waals surface area contributed by atoms with Gasteiger partial charge in [0, 0.05) is 32.1 Å². The fourth-order valence-electron chi connectivity index (χ4n) is 3.90. The number of carbonyl (C=O) groups is 2. The molecule has 0 aromatic heterocycles. The standard InChI is InChI=1S/C23H26FN5O3S/c1-16(30)25-14-19-15-28(23(31)32-19)18-7-8-21(20(24)13-18)27-10-9-26-29(12-11-27)22(33)17-5-3-2-4-6-17/h2-8,13,19,26H,9-12,14-15H2,1H3,(H,25,30)/t19-/m0/s1. The molecule has 1 atom stereocenters. The number of halogens is 1. The van der Waals surface area contributed by atoms with Crippen LogP contribution in [-0.2, 0) is 9.53 Å². The first-order chi connectivity index (χ1) is 15.9. The van der Waals surface area contributed by atoms with Gasteiger partial charge in [0.25, 0.3) is 0 Å². The van der Waals surface area contributed by atoms with Crippen molar-refractivity contribution >= 4 is 40.6 Å². The molecule has 2 N–H and O–H groups in total. The number of amides is 2. The van der Waals surface area contributed by atoms with Crippen molar-refractivity contribution in [2.45, 2.75) is 13.0 Å². The van der Waals surface area contributed by atoms with Crippen LogP contribution in [-0.4, -0.2) is 67.4 Å². The lowest BCUT2D eigenvalue weighted by atomic mass is 10.2. The zero-order valence-electron chi connectivity index (χ0n) is 18.3. The molecular weight excluding hydrogens is 445 g/mol. The Hall–Kier alpha value is -3.24. The van der Waals surface area contributed by atoms with Crippen LogP contribution in [0.5, 0.6) is 0 Å². The van der Waals surface area contributed by atoms with E-state index in [1.807, 2.05) is 40.2 Å². The van der Waals surface area contributed by atoms with E-state index in [2.05, 4.69) is 10.7 Å². The van der Waals surface area contributed by atoms with Gasteiger partial charge in [-0.1, -0.05) is 42.5 Å². The molecule has 2 saturated heterocycles. The molecule has 0 saturated carbocycles. The van der Waals surface area contributed by atoms with Gasteiger partial charge < -0.3 is 15.0 Å². The Morgan fingerprint density at radius 2 is 2.00 bits per heavy atom. The van der Waals surface area contributed by atoms with Gasteiger partial charge in [0.2, 0.25) is 5.91 Å². The number of thiocarbonyl (C=S) groups is 1.